The number of rotatable bonds is 9. The number of benzene rings is 1. The van der Waals surface area contributed by atoms with E-state index in [9.17, 15) is 4.79 Å². The fraction of sp³-hybridized carbons (Fsp3) is 0.467. The molecule has 0 radical (unpaired) electrons. The summed E-state index contributed by atoms with van der Waals surface area (Å²) in [7, 11) is 2.12. The van der Waals surface area contributed by atoms with Crippen LogP contribution in [0.2, 0.25) is 0 Å². The number of hydrogen-bond donors (Lipinski definition) is 2. The number of oxime groups is 1. The Hall–Kier alpha value is -1.88. The molecule has 1 aromatic rings. The molecule has 0 aliphatic heterocycles. The van der Waals surface area contributed by atoms with Crippen molar-refractivity contribution in [2.45, 2.75) is 25.8 Å². The molecule has 0 aliphatic rings. The second-order valence-electron chi connectivity index (χ2n) is 4.82. The highest BCUT2D eigenvalue weighted by molar-refractivity contribution is 6.25. The Labute approximate surface area is 120 Å². The van der Waals surface area contributed by atoms with Crippen molar-refractivity contribution in [3.8, 4) is 0 Å². The second kappa shape index (κ2) is 9.97. The van der Waals surface area contributed by atoms with Crippen LogP contribution in [0.15, 0.2) is 35.5 Å². The summed E-state index contributed by atoms with van der Waals surface area (Å²) < 4.78 is 0. The average Bonchev–Trinajstić information content (AvgIpc) is 2.44. The molecule has 1 rings (SSSR count). The number of hydrogen-bond acceptors (Lipinski definition) is 4. The zero-order valence-corrected chi connectivity index (χ0v) is 12.0. The van der Waals surface area contributed by atoms with Crippen molar-refractivity contribution in [3.05, 3.63) is 35.9 Å². The predicted octanol–water partition coefficient (Wildman–Crippen LogP) is 1.86. The van der Waals surface area contributed by atoms with Crippen LogP contribution in [0.4, 0.5) is 0 Å². The Morgan fingerprint density at radius 3 is 2.75 bits per heavy atom. The number of amides is 1. The van der Waals surface area contributed by atoms with Gasteiger partial charge in [-0.25, -0.2) is 0 Å². The average molecular weight is 277 g/mol. The Morgan fingerprint density at radius 2 is 2.05 bits per heavy atom. The predicted molar refractivity (Wildman–Crippen MR) is 79.9 cm³/mol. The Morgan fingerprint density at radius 1 is 1.30 bits per heavy atom. The van der Waals surface area contributed by atoms with Gasteiger partial charge in [0.05, 0.1) is 0 Å². The van der Waals surface area contributed by atoms with Crippen LogP contribution < -0.4 is 5.32 Å². The standard InChI is InChI=1S/C15H23N3O2/c1-18(13-14-8-4-2-5-9-14)11-7-3-6-10-16-15(19)12-17-20/h2,4-5,8-9,12,20H,3,6-7,10-11,13H2,1H3,(H,16,19)/b17-12+. The first kappa shape index (κ1) is 16.2. The smallest absolute Gasteiger partial charge is 0.265 e. The van der Waals surface area contributed by atoms with Crippen LogP contribution in [-0.4, -0.2) is 42.4 Å². The molecule has 110 valence electrons. The molecule has 0 aliphatic carbocycles. The van der Waals surface area contributed by atoms with Crippen LogP contribution in [0.25, 0.3) is 0 Å². The molecule has 0 spiro atoms. The molecule has 1 amide bonds. The van der Waals surface area contributed by atoms with Crippen LogP contribution in [-0.2, 0) is 11.3 Å². The summed E-state index contributed by atoms with van der Waals surface area (Å²) in [4.78, 5) is 13.3. The van der Waals surface area contributed by atoms with Gasteiger partial charge < -0.3 is 15.4 Å². The minimum atomic E-state index is -0.353. The summed E-state index contributed by atoms with van der Waals surface area (Å²) in [5.74, 6) is -0.353. The first-order valence-corrected chi connectivity index (χ1v) is 6.90. The Kier molecular flexibility index (Phi) is 8.07. The highest BCUT2D eigenvalue weighted by Crippen LogP contribution is 2.04. The van der Waals surface area contributed by atoms with Crippen molar-refractivity contribution in [1.29, 1.82) is 0 Å². The summed E-state index contributed by atoms with van der Waals surface area (Å²) in [5, 5.41) is 13.5. The summed E-state index contributed by atoms with van der Waals surface area (Å²) in [5.41, 5.74) is 1.32. The maximum Gasteiger partial charge on any atom is 0.265 e. The van der Waals surface area contributed by atoms with Gasteiger partial charge in [-0.1, -0.05) is 41.9 Å². The zero-order chi connectivity index (χ0) is 14.6. The molecule has 0 heterocycles. The van der Waals surface area contributed by atoms with Crippen molar-refractivity contribution < 1.29 is 10.0 Å². The van der Waals surface area contributed by atoms with Crippen LogP contribution in [0, 0.1) is 0 Å². The molecule has 0 atom stereocenters. The fourth-order valence-corrected chi connectivity index (χ4v) is 1.97. The molecule has 2 N–H and O–H groups in total. The molecular weight excluding hydrogens is 254 g/mol. The van der Waals surface area contributed by atoms with Crippen molar-refractivity contribution in [3.63, 3.8) is 0 Å². The van der Waals surface area contributed by atoms with Crippen molar-refractivity contribution in [2.24, 2.45) is 5.16 Å². The minimum Gasteiger partial charge on any atom is -0.411 e. The van der Waals surface area contributed by atoms with E-state index in [1.165, 1.54) is 5.56 Å². The van der Waals surface area contributed by atoms with Gasteiger partial charge in [-0.15, -0.1) is 0 Å². The molecule has 0 fully saturated rings. The third-order valence-corrected chi connectivity index (χ3v) is 2.99. The van der Waals surface area contributed by atoms with E-state index in [1.54, 1.807) is 0 Å². The molecule has 20 heavy (non-hydrogen) atoms. The monoisotopic (exact) mass is 277 g/mol. The van der Waals surface area contributed by atoms with Crippen molar-refractivity contribution in [1.82, 2.24) is 10.2 Å². The second-order valence-corrected chi connectivity index (χ2v) is 4.82. The number of carbonyl (C=O) groups excluding carboxylic acids is 1. The lowest BCUT2D eigenvalue weighted by Crippen LogP contribution is -2.25. The summed E-state index contributed by atoms with van der Waals surface area (Å²) in [6.45, 7) is 2.62. The van der Waals surface area contributed by atoms with E-state index in [4.69, 9.17) is 5.21 Å². The molecule has 1 aromatic carbocycles. The van der Waals surface area contributed by atoms with Crippen LogP contribution in [0.3, 0.4) is 0 Å². The number of nitrogens with one attached hydrogen (secondary N) is 1. The fourth-order valence-electron chi connectivity index (χ4n) is 1.97. The third kappa shape index (κ3) is 7.53. The molecule has 0 bridgehead atoms. The SMILES string of the molecule is CN(CCCCCNC(=O)/C=N/O)Cc1ccccc1. The molecule has 0 aromatic heterocycles. The zero-order valence-electron chi connectivity index (χ0n) is 12.0. The number of nitrogens with zero attached hydrogens (tertiary/aromatic N) is 2. The molecule has 0 saturated heterocycles. The lowest BCUT2D eigenvalue weighted by atomic mass is 10.2. The van der Waals surface area contributed by atoms with Gasteiger partial charge in [0.25, 0.3) is 5.91 Å². The maximum absolute atomic E-state index is 11.0. The minimum absolute atomic E-state index is 0.353. The highest BCUT2D eigenvalue weighted by atomic mass is 16.4. The van der Waals surface area contributed by atoms with Crippen LogP contribution in [0.1, 0.15) is 24.8 Å². The normalized spacial score (nSPS) is 11.1. The maximum atomic E-state index is 11.0. The van der Waals surface area contributed by atoms with E-state index in [0.29, 0.717) is 6.54 Å². The largest absolute Gasteiger partial charge is 0.411 e. The summed E-state index contributed by atoms with van der Waals surface area (Å²) in [6.07, 6.45) is 3.97. The first-order valence-electron chi connectivity index (χ1n) is 6.90. The van der Waals surface area contributed by atoms with Gasteiger partial charge in [-0.3, -0.25) is 4.79 Å². The molecule has 5 heteroatoms. The van der Waals surface area contributed by atoms with E-state index in [0.717, 1.165) is 38.6 Å². The number of unbranched alkanes of at least 4 members (excludes halogenated alkanes) is 2. The van der Waals surface area contributed by atoms with E-state index in [2.05, 4.69) is 46.7 Å². The Bertz CT molecular complexity index is 407. The lowest BCUT2D eigenvalue weighted by Gasteiger charge is -2.16. The highest BCUT2D eigenvalue weighted by Gasteiger charge is 2.00. The van der Waals surface area contributed by atoms with Crippen LogP contribution in [0.5, 0.6) is 0 Å². The van der Waals surface area contributed by atoms with E-state index >= 15 is 0 Å². The molecular formula is C15H23N3O2. The third-order valence-electron chi connectivity index (χ3n) is 2.99. The quantitative estimate of drug-likeness (QED) is 0.313. The number of carbonyl (C=O) groups is 1. The van der Waals surface area contributed by atoms with Gasteiger partial charge >= 0.3 is 0 Å². The van der Waals surface area contributed by atoms with Crippen LogP contribution >= 0.6 is 0 Å². The van der Waals surface area contributed by atoms with Gasteiger partial charge in [0.1, 0.15) is 6.21 Å². The van der Waals surface area contributed by atoms with Gasteiger partial charge in [0, 0.05) is 13.1 Å². The van der Waals surface area contributed by atoms with Crippen molar-refractivity contribution >= 4 is 12.1 Å². The molecule has 5 nitrogen and oxygen atoms in total. The topological polar surface area (TPSA) is 64.9 Å². The summed E-state index contributed by atoms with van der Waals surface area (Å²) >= 11 is 0. The van der Waals surface area contributed by atoms with Gasteiger partial charge in [-0.2, -0.15) is 0 Å². The van der Waals surface area contributed by atoms with Gasteiger partial charge in [0.2, 0.25) is 0 Å². The van der Waals surface area contributed by atoms with E-state index in [-0.39, 0.29) is 5.91 Å². The van der Waals surface area contributed by atoms with Crippen molar-refractivity contribution in [2.75, 3.05) is 20.1 Å². The lowest BCUT2D eigenvalue weighted by molar-refractivity contribution is -0.114. The Balaban J connectivity index is 2.02. The first-order chi connectivity index (χ1) is 9.72. The molecule has 0 unspecified atom stereocenters. The van der Waals surface area contributed by atoms with Gasteiger partial charge in [-0.05, 0) is 32.0 Å². The summed E-state index contributed by atoms with van der Waals surface area (Å²) in [6, 6.07) is 10.4. The molecule has 0 saturated carbocycles. The van der Waals surface area contributed by atoms with E-state index in [1.807, 2.05) is 6.07 Å². The van der Waals surface area contributed by atoms with E-state index < -0.39 is 0 Å². The van der Waals surface area contributed by atoms with Gasteiger partial charge in [0.15, 0.2) is 0 Å².